The number of hydrogen-bond acceptors (Lipinski definition) is 1. The van der Waals surface area contributed by atoms with E-state index in [-0.39, 0.29) is 0 Å². The molecule has 0 unspecified atom stereocenters. The lowest BCUT2D eigenvalue weighted by molar-refractivity contribution is 0.864. The summed E-state index contributed by atoms with van der Waals surface area (Å²) in [5.74, 6) is 0. The molecule has 2 heteroatoms. The van der Waals surface area contributed by atoms with Crippen LogP contribution in [0.25, 0.3) is 10.9 Å². The Morgan fingerprint density at radius 1 is 1.25 bits per heavy atom. The topological polar surface area (TPSA) is 4.93 Å². The lowest BCUT2D eigenvalue weighted by Gasteiger charge is -1.98. The second-order valence-electron chi connectivity index (χ2n) is 2.80. The van der Waals surface area contributed by atoms with Crippen LogP contribution in [0.1, 0.15) is 0 Å². The van der Waals surface area contributed by atoms with Crippen LogP contribution in [-0.2, 0) is 7.05 Å². The third-order valence-electron chi connectivity index (χ3n) is 2.12. The lowest BCUT2D eigenvalue weighted by atomic mass is 10.2. The maximum Gasteiger partial charge on any atom is 0.0753 e. The number of thioether (sulfide) groups is 1. The summed E-state index contributed by atoms with van der Waals surface area (Å²) in [5, 5.41) is 2.64. The molecule has 0 aliphatic heterocycles. The Hall–Kier alpha value is -0.890. The highest BCUT2D eigenvalue weighted by Crippen LogP contribution is 2.24. The molecule has 0 aliphatic rings. The first kappa shape index (κ1) is 7.74. The zero-order valence-corrected chi connectivity index (χ0v) is 8.06. The first-order valence-corrected chi connectivity index (χ1v) is 5.14. The Morgan fingerprint density at radius 3 is 2.67 bits per heavy atom. The molecule has 0 aliphatic carbocycles. The van der Waals surface area contributed by atoms with Crippen LogP contribution in [-0.4, -0.2) is 10.8 Å². The van der Waals surface area contributed by atoms with Gasteiger partial charge in [-0.2, -0.15) is 0 Å². The molecular formula is C10H11NS. The van der Waals surface area contributed by atoms with Crippen molar-refractivity contribution in [3.05, 3.63) is 30.3 Å². The largest absolute Gasteiger partial charge is 0.339 e. The van der Waals surface area contributed by atoms with Crippen LogP contribution in [0.2, 0.25) is 0 Å². The molecule has 0 N–H and O–H groups in total. The van der Waals surface area contributed by atoms with Crippen LogP contribution in [0.15, 0.2) is 35.4 Å². The second-order valence-corrected chi connectivity index (χ2v) is 3.63. The minimum atomic E-state index is 1.31. The van der Waals surface area contributed by atoms with Crippen LogP contribution in [0.4, 0.5) is 0 Å². The van der Waals surface area contributed by atoms with Gasteiger partial charge in [0, 0.05) is 18.0 Å². The van der Waals surface area contributed by atoms with Gasteiger partial charge in [-0.1, -0.05) is 18.2 Å². The molecule has 0 saturated carbocycles. The number of aryl methyl sites for hydroxylation is 1. The van der Waals surface area contributed by atoms with Crippen LogP contribution in [0.3, 0.4) is 0 Å². The Kier molecular flexibility index (Phi) is 1.85. The highest BCUT2D eigenvalue weighted by molar-refractivity contribution is 7.98. The molecule has 2 aromatic rings. The van der Waals surface area contributed by atoms with Gasteiger partial charge in [0.25, 0.3) is 0 Å². The van der Waals surface area contributed by atoms with Gasteiger partial charge in [0.15, 0.2) is 0 Å². The van der Waals surface area contributed by atoms with Crippen LogP contribution >= 0.6 is 11.8 Å². The van der Waals surface area contributed by atoms with Gasteiger partial charge in [-0.05, 0) is 18.4 Å². The van der Waals surface area contributed by atoms with E-state index in [1.165, 1.54) is 15.9 Å². The van der Waals surface area contributed by atoms with E-state index < -0.39 is 0 Å². The van der Waals surface area contributed by atoms with Gasteiger partial charge in [0.05, 0.1) is 5.03 Å². The van der Waals surface area contributed by atoms with E-state index in [1.807, 2.05) is 0 Å². The van der Waals surface area contributed by atoms with E-state index in [9.17, 15) is 0 Å². The third kappa shape index (κ3) is 1.03. The molecule has 0 spiro atoms. The van der Waals surface area contributed by atoms with Crippen molar-refractivity contribution < 1.29 is 0 Å². The highest BCUT2D eigenvalue weighted by atomic mass is 32.2. The molecule has 62 valence electrons. The summed E-state index contributed by atoms with van der Waals surface area (Å²) in [7, 11) is 2.11. The van der Waals surface area contributed by atoms with E-state index >= 15 is 0 Å². The number of rotatable bonds is 1. The van der Waals surface area contributed by atoms with Gasteiger partial charge in [0.2, 0.25) is 0 Å². The van der Waals surface area contributed by atoms with E-state index in [0.29, 0.717) is 0 Å². The number of benzene rings is 1. The van der Waals surface area contributed by atoms with Crippen LogP contribution in [0.5, 0.6) is 0 Å². The fourth-order valence-electron chi connectivity index (χ4n) is 1.46. The minimum absolute atomic E-state index is 1.31. The Morgan fingerprint density at radius 2 is 2.00 bits per heavy atom. The number of aromatic nitrogens is 1. The molecule has 0 atom stereocenters. The molecule has 12 heavy (non-hydrogen) atoms. The van der Waals surface area contributed by atoms with Gasteiger partial charge < -0.3 is 4.57 Å². The fraction of sp³-hybridized carbons (Fsp3) is 0.200. The molecule has 0 amide bonds. The summed E-state index contributed by atoms with van der Waals surface area (Å²) in [6, 6.07) is 10.7. The number of hydrogen-bond donors (Lipinski definition) is 0. The molecular weight excluding hydrogens is 166 g/mol. The standard InChI is InChI=1S/C10H11NS/c1-11-9-6-4-3-5-8(9)7-10(11)12-2/h3-7H,1-2H3. The van der Waals surface area contributed by atoms with Gasteiger partial charge in [-0.3, -0.25) is 0 Å². The predicted molar refractivity (Wildman–Crippen MR) is 54.7 cm³/mol. The maximum absolute atomic E-state index is 2.22. The summed E-state index contributed by atoms with van der Waals surface area (Å²) in [5.41, 5.74) is 1.31. The first-order valence-electron chi connectivity index (χ1n) is 3.91. The monoisotopic (exact) mass is 177 g/mol. The summed E-state index contributed by atoms with van der Waals surface area (Å²) in [4.78, 5) is 0. The molecule has 1 heterocycles. The second kappa shape index (κ2) is 2.87. The molecule has 1 nitrogen and oxygen atoms in total. The smallest absolute Gasteiger partial charge is 0.0753 e. The van der Waals surface area contributed by atoms with Crippen molar-refractivity contribution in [3.63, 3.8) is 0 Å². The van der Waals surface area contributed by atoms with Gasteiger partial charge >= 0.3 is 0 Å². The average Bonchev–Trinajstić information content (AvgIpc) is 2.44. The molecule has 0 bridgehead atoms. The molecule has 0 radical (unpaired) electrons. The number of para-hydroxylation sites is 1. The fourth-order valence-corrected chi connectivity index (χ4v) is 2.08. The van der Waals surface area contributed by atoms with Crippen molar-refractivity contribution in [2.45, 2.75) is 5.03 Å². The Bertz CT molecular complexity index is 403. The zero-order chi connectivity index (χ0) is 8.55. The van der Waals surface area contributed by atoms with E-state index in [2.05, 4.69) is 48.2 Å². The van der Waals surface area contributed by atoms with Crippen LogP contribution in [0, 0.1) is 0 Å². The molecule has 1 aromatic carbocycles. The summed E-state index contributed by atoms with van der Waals surface area (Å²) >= 11 is 1.78. The molecule has 2 rings (SSSR count). The summed E-state index contributed by atoms with van der Waals surface area (Å²) in [6.07, 6.45) is 2.11. The zero-order valence-electron chi connectivity index (χ0n) is 7.24. The van der Waals surface area contributed by atoms with Crippen molar-refractivity contribution in [1.82, 2.24) is 4.57 Å². The normalized spacial score (nSPS) is 10.8. The van der Waals surface area contributed by atoms with Gasteiger partial charge in [0.1, 0.15) is 0 Å². The van der Waals surface area contributed by atoms with Crippen molar-refractivity contribution in [3.8, 4) is 0 Å². The van der Waals surface area contributed by atoms with Crippen molar-refractivity contribution >= 4 is 22.7 Å². The summed E-state index contributed by atoms with van der Waals surface area (Å²) < 4.78 is 2.22. The predicted octanol–water partition coefficient (Wildman–Crippen LogP) is 2.90. The van der Waals surface area contributed by atoms with Crippen molar-refractivity contribution in [2.75, 3.05) is 6.26 Å². The Balaban J connectivity index is 2.78. The van der Waals surface area contributed by atoms with E-state index in [1.54, 1.807) is 11.8 Å². The van der Waals surface area contributed by atoms with E-state index in [4.69, 9.17) is 0 Å². The number of nitrogens with zero attached hydrogens (tertiary/aromatic N) is 1. The third-order valence-corrected chi connectivity index (χ3v) is 2.93. The quantitative estimate of drug-likeness (QED) is 0.606. The van der Waals surface area contributed by atoms with Crippen molar-refractivity contribution in [1.29, 1.82) is 0 Å². The molecule has 0 saturated heterocycles. The summed E-state index contributed by atoms with van der Waals surface area (Å²) in [6.45, 7) is 0. The van der Waals surface area contributed by atoms with Crippen molar-refractivity contribution in [2.24, 2.45) is 7.05 Å². The highest BCUT2D eigenvalue weighted by Gasteiger charge is 2.01. The number of fused-ring (bicyclic) bond motifs is 1. The molecule has 1 aromatic heterocycles. The maximum atomic E-state index is 2.22. The minimum Gasteiger partial charge on any atom is -0.339 e. The SMILES string of the molecule is CSc1cc2ccccc2n1C. The average molecular weight is 177 g/mol. The molecule has 0 fully saturated rings. The Labute approximate surface area is 76.4 Å². The lowest BCUT2D eigenvalue weighted by Crippen LogP contribution is -1.87. The first-order chi connectivity index (χ1) is 5.83. The van der Waals surface area contributed by atoms with Crippen LogP contribution < -0.4 is 0 Å². The van der Waals surface area contributed by atoms with Gasteiger partial charge in [-0.15, -0.1) is 11.8 Å². The van der Waals surface area contributed by atoms with Gasteiger partial charge in [-0.25, -0.2) is 0 Å². The van der Waals surface area contributed by atoms with E-state index in [0.717, 1.165) is 0 Å².